The summed E-state index contributed by atoms with van der Waals surface area (Å²) in [6.45, 7) is 0. The highest BCUT2D eigenvalue weighted by Gasteiger charge is 2.08. The average molecular weight is 534 g/mol. The highest BCUT2D eigenvalue weighted by atomic mass is 79.9. The molecule has 6 heteroatoms. The van der Waals surface area contributed by atoms with Crippen molar-refractivity contribution >= 4 is 85.3 Å². The van der Waals surface area contributed by atoms with Crippen LogP contribution in [0.25, 0.3) is 0 Å². The van der Waals surface area contributed by atoms with Crippen molar-refractivity contribution in [2.45, 2.75) is 9.79 Å². The second-order valence-electron chi connectivity index (χ2n) is 3.27. The van der Waals surface area contributed by atoms with Crippen LogP contribution in [-0.4, -0.2) is 0 Å². The van der Waals surface area contributed by atoms with E-state index in [1.165, 1.54) is 9.79 Å². The van der Waals surface area contributed by atoms with Crippen LogP contribution in [0.1, 0.15) is 0 Å². The van der Waals surface area contributed by atoms with Crippen molar-refractivity contribution in [1.82, 2.24) is 0 Å². The van der Waals surface area contributed by atoms with Crippen LogP contribution in [-0.2, 0) is 0 Å². The van der Waals surface area contributed by atoms with E-state index < -0.39 is 0 Å². The second-order valence-corrected chi connectivity index (χ2v) is 8.78. The molecule has 2 rings (SSSR count). The molecule has 0 unspecified atom stereocenters. The summed E-state index contributed by atoms with van der Waals surface area (Å²) in [6, 6.07) is 12.3. The fourth-order valence-corrected chi connectivity index (χ4v) is 6.02. The van der Waals surface area contributed by atoms with Crippen molar-refractivity contribution in [1.29, 1.82) is 0 Å². The van der Waals surface area contributed by atoms with Crippen LogP contribution >= 0.6 is 85.3 Å². The van der Waals surface area contributed by atoms with Crippen molar-refractivity contribution in [2.24, 2.45) is 0 Å². The topological polar surface area (TPSA) is 0 Å². The molecule has 0 spiro atoms. The molecule has 0 saturated carbocycles. The van der Waals surface area contributed by atoms with Gasteiger partial charge in [0.15, 0.2) is 0 Å². The first kappa shape index (κ1) is 15.4. The van der Waals surface area contributed by atoms with E-state index in [-0.39, 0.29) is 0 Å². The van der Waals surface area contributed by atoms with Gasteiger partial charge in [0.05, 0.1) is 0 Å². The maximum Gasteiger partial charge on any atom is 0.0462 e. The Bertz CT molecular complexity index is 520. The molecule has 0 nitrogen and oxygen atoms in total. The molecule has 0 heterocycles. The summed E-state index contributed by atoms with van der Waals surface area (Å²) < 4.78 is 4.32. The van der Waals surface area contributed by atoms with E-state index in [1.807, 2.05) is 24.3 Å². The smallest absolute Gasteiger partial charge is 0.0462 e. The van der Waals surface area contributed by atoms with Crippen LogP contribution in [0.5, 0.6) is 0 Å². The Kier molecular flexibility index (Phi) is 6.16. The molecule has 2 aromatic carbocycles. The summed E-state index contributed by atoms with van der Waals surface area (Å²) in [7, 11) is 3.45. The number of rotatable bonds is 3. The average Bonchev–Trinajstić information content (AvgIpc) is 2.36. The first-order valence-electron chi connectivity index (χ1n) is 4.82. The first-order valence-corrected chi connectivity index (χ1v) is 10.1. The predicted octanol–water partition coefficient (Wildman–Crippen LogP) is 7.54. The van der Waals surface area contributed by atoms with Gasteiger partial charge in [0.1, 0.15) is 0 Å². The van der Waals surface area contributed by atoms with Gasteiger partial charge in [0.2, 0.25) is 0 Å². The Morgan fingerprint density at radius 2 is 1.00 bits per heavy atom. The molecule has 0 atom stereocenters. The molecule has 0 aliphatic carbocycles. The van der Waals surface area contributed by atoms with Crippen LogP contribution in [0.15, 0.2) is 64.1 Å². The molecule has 0 N–H and O–H groups in total. The Balaban J connectivity index is 2.17. The molecule has 0 aliphatic heterocycles. The van der Waals surface area contributed by atoms with Crippen molar-refractivity contribution in [3.05, 3.63) is 54.3 Å². The van der Waals surface area contributed by atoms with Crippen LogP contribution in [0, 0.1) is 0 Å². The third-order valence-electron chi connectivity index (χ3n) is 2.05. The fraction of sp³-hybridized carbons (Fsp3) is 0. The molecule has 0 saturated heterocycles. The monoisotopic (exact) mass is 530 g/mol. The molecule has 0 aromatic heterocycles. The molecular weight excluding hydrogens is 528 g/mol. The zero-order valence-electron chi connectivity index (χ0n) is 8.79. The van der Waals surface area contributed by atoms with Crippen molar-refractivity contribution in [3.8, 4) is 0 Å². The number of hydrogen-bond acceptors (Lipinski definition) is 2. The van der Waals surface area contributed by atoms with E-state index >= 15 is 0 Å². The largest absolute Gasteiger partial charge is 0.0599 e. The summed E-state index contributed by atoms with van der Waals surface area (Å²) in [6.07, 6.45) is 0. The first-order chi connectivity index (χ1) is 8.59. The Morgan fingerprint density at radius 1 is 0.611 bits per heavy atom. The third kappa shape index (κ3) is 3.79. The third-order valence-corrected chi connectivity index (χ3v) is 9.12. The Labute approximate surface area is 148 Å². The van der Waals surface area contributed by atoms with Crippen LogP contribution in [0.2, 0.25) is 0 Å². The maximum absolute atomic E-state index is 3.58. The van der Waals surface area contributed by atoms with Gasteiger partial charge in [-0.2, -0.15) is 0 Å². The molecule has 0 radical (unpaired) electrons. The van der Waals surface area contributed by atoms with Gasteiger partial charge in [-0.3, -0.25) is 0 Å². The lowest BCUT2D eigenvalue weighted by molar-refractivity contribution is 1.38. The minimum absolute atomic E-state index is 1.07. The zero-order valence-corrected chi connectivity index (χ0v) is 16.8. The predicted molar refractivity (Wildman–Crippen MR) is 95.4 cm³/mol. The normalized spacial score (nSPS) is 10.7. The maximum atomic E-state index is 3.58. The van der Waals surface area contributed by atoms with E-state index in [9.17, 15) is 0 Å². The SMILES string of the molecule is Brc1cccc(SSc2cccc(Br)c2Br)c1Br. The lowest BCUT2D eigenvalue weighted by Gasteiger charge is -2.07. The molecule has 0 bridgehead atoms. The van der Waals surface area contributed by atoms with Gasteiger partial charge in [0.25, 0.3) is 0 Å². The van der Waals surface area contributed by atoms with Crippen LogP contribution in [0.3, 0.4) is 0 Å². The van der Waals surface area contributed by atoms with E-state index in [0.29, 0.717) is 0 Å². The standard InChI is InChI=1S/C12H6Br4S2/c13-7-3-1-5-9(11(7)15)17-18-10-6-2-4-8(14)12(10)16/h1-6H. The Hall–Kier alpha value is 1.06. The molecule has 94 valence electrons. The van der Waals surface area contributed by atoms with Gasteiger partial charge in [-0.15, -0.1) is 0 Å². The van der Waals surface area contributed by atoms with Gasteiger partial charge in [-0.25, -0.2) is 0 Å². The van der Waals surface area contributed by atoms with Gasteiger partial charge in [-0.1, -0.05) is 33.7 Å². The molecule has 0 aliphatic rings. The summed E-state index contributed by atoms with van der Waals surface area (Å²) in [5.41, 5.74) is 0. The van der Waals surface area contributed by atoms with Gasteiger partial charge >= 0.3 is 0 Å². The number of hydrogen-bond donors (Lipinski definition) is 0. The summed E-state index contributed by atoms with van der Waals surface area (Å²) in [5.74, 6) is 0. The van der Waals surface area contributed by atoms with E-state index in [0.717, 1.165) is 17.9 Å². The van der Waals surface area contributed by atoms with Gasteiger partial charge < -0.3 is 0 Å². The van der Waals surface area contributed by atoms with Crippen molar-refractivity contribution < 1.29 is 0 Å². The van der Waals surface area contributed by atoms with Crippen molar-refractivity contribution in [3.63, 3.8) is 0 Å². The fourth-order valence-electron chi connectivity index (χ4n) is 1.19. The lowest BCUT2D eigenvalue weighted by atomic mass is 10.4. The quantitative estimate of drug-likeness (QED) is 0.374. The van der Waals surface area contributed by atoms with Gasteiger partial charge in [0, 0.05) is 27.7 Å². The summed E-state index contributed by atoms with van der Waals surface area (Å²) >= 11 is 14.2. The summed E-state index contributed by atoms with van der Waals surface area (Å²) in [5, 5.41) is 0. The highest BCUT2D eigenvalue weighted by molar-refractivity contribution is 9.13. The molecule has 0 amide bonds. The number of benzene rings is 2. The molecule has 18 heavy (non-hydrogen) atoms. The van der Waals surface area contributed by atoms with Crippen LogP contribution < -0.4 is 0 Å². The van der Waals surface area contributed by atoms with Crippen LogP contribution in [0.4, 0.5) is 0 Å². The minimum atomic E-state index is 1.07. The van der Waals surface area contributed by atoms with E-state index in [4.69, 9.17) is 0 Å². The molecular formula is C12H6Br4S2. The van der Waals surface area contributed by atoms with Crippen molar-refractivity contribution in [2.75, 3.05) is 0 Å². The molecule has 0 fully saturated rings. The van der Waals surface area contributed by atoms with E-state index in [2.05, 4.69) is 75.9 Å². The minimum Gasteiger partial charge on any atom is -0.0599 e. The van der Waals surface area contributed by atoms with E-state index in [1.54, 1.807) is 21.6 Å². The summed E-state index contributed by atoms with van der Waals surface area (Å²) in [4.78, 5) is 2.39. The lowest BCUT2D eigenvalue weighted by Crippen LogP contribution is -1.76. The molecule has 2 aromatic rings. The number of halogens is 4. The highest BCUT2D eigenvalue weighted by Crippen LogP contribution is 2.45. The second kappa shape index (κ2) is 7.18. The Morgan fingerprint density at radius 3 is 1.39 bits per heavy atom. The zero-order chi connectivity index (χ0) is 13.1. The van der Waals surface area contributed by atoms with Gasteiger partial charge in [-0.05, 0) is 88.0 Å².